The Bertz CT molecular complexity index is 861. The van der Waals surface area contributed by atoms with Crippen molar-refractivity contribution >= 4 is 22.5 Å². The smallest absolute Gasteiger partial charge is 0.321 e. The number of nitrogens with zero attached hydrogens (tertiary/aromatic N) is 1. The molecule has 116 valence electrons. The Balaban J connectivity index is 2.02. The van der Waals surface area contributed by atoms with E-state index < -0.39 is 17.6 Å². The molecule has 0 aliphatic heterocycles. The summed E-state index contributed by atoms with van der Waals surface area (Å²) in [6.07, 6.45) is -3.01. The summed E-state index contributed by atoms with van der Waals surface area (Å²) in [5.74, 6) is -0.393. The lowest BCUT2D eigenvalue weighted by Crippen LogP contribution is -2.12. The summed E-state index contributed by atoms with van der Waals surface area (Å²) in [6.45, 7) is 0. The summed E-state index contributed by atoms with van der Waals surface area (Å²) in [4.78, 5) is 16.2. The predicted molar refractivity (Wildman–Crippen MR) is 81.1 cm³/mol. The summed E-state index contributed by atoms with van der Waals surface area (Å²) < 4.78 is 38.6. The molecule has 0 unspecified atom stereocenters. The van der Waals surface area contributed by atoms with Crippen LogP contribution in [0.25, 0.3) is 10.9 Å². The van der Waals surface area contributed by atoms with Crippen molar-refractivity contribution in [2.45, 2.75) is 6.18 Å². The minimum atomic E-state index is -4.45. The molecule has 0 aliphatic carbocycles. The van der Waals surface area contributed by atoms with Crippen LogP contribution in [-0.2, 0) is 6.18 Å². The largest absolute Gasteiger partial charge is 0.416 e. The molecule has 0 saturated heterocycles. The van der Waals surface area contributed by atoms with E-state index in [1.807, 2.05) is 0 Å². The van der Waals surface area contributed by atoms with Crippen LogP contribution in [0.15, 0.2) is 60.8 Å². The summed E-state index contributed by atoms with van der Waals surface area (Å²) in [5.41, 5.74) is 0.302. The van der Waals surface area contributed by atoms with Crippen molar-refractivity contribution in [2.75, 3.05) is 5.32 Å². The van der Waals surface area contributed by atoms with Gasteiger partial charge < -0.3 is 5.32 Å². The number of nitrogens with one attached hydrogen (secondary N) is 1. The van der Waals surface area contributed by atoms with Gasteiger partial charge in [-0.3, -0.25) is 9.78 Å². The zero-order valence-corrected chi connectivity index (χ0v) is 11.8. The molecular formula is C17H11F3N2O. The lowest BCUT2D eigenvalue weighted by molar-refractivity contribution is -0.137. The fourth-order valence-electron chi connectivity index (χ4n) is 2.22. The molecule has 0 spiro atoms. The van der Waals surface area contributed by atoms with E-state index in [0.29, 0.717) is 11.1 Å². The van der Waals surface area contributed by atoms with Crippen LogP contribution in [0.5, 0.6) is 0 Å². The molecule has 1 amide bonds. The maximum absolute atomic E-state index is 12.9. The molecule has 0 fully saturated rings. The van der Waals surface area contributed by atoms with E-state index in [2.05, 4.69) is 10.3 Å². The zero-order chi connectivity index (χ0) is 16.4. The fourth-order valence-corrected chi connectivity index (χ4v) is 2.22. The van der Waals surface area contributed by atoms with Crippen molar-refractivity contribution < 1.29 is 18.0 Å². The van der Waals surface area contributed by atoms with Gasteiger partial charge >= 0.3 is 6.18 Å². The third kappa shape index (κ3) is 3.15. The molecule has 3 nitrogen and oxygen atoms in total. The molecule has 1 N–H and O–H groups in total. The van der Waals surface area contributed by atoms with E-state index >= 15 is 0 Å². The van der Waals surface area contributed by atoms with Gasteiger partial charge in [-0.25, -0.2) is 0 Å². The molecule has 0 saturated carbocycles. The van der Waals surface area contributed by atoms with Crippen LogP contribution < -0.4 is 5.32 Å². The molecule has 0 radical (unpaired) electrons. The molecule has 0 aliphatic rings. The van der Waals surface area contributed by atoms with Gasteiger partial charge in [0.15, 0.2) is 0 Å². The second kappa shape index (κ2) is 5.72. The second-order valence-electron chi connectivity index (χ2n) is 4.91. The third-order valence-corrected chi connectivity index (χ3v) is 3.35. The number of pyridine rings is 1. The van der Waals surface area contributed by atoms with Gasteiger partial charge in [-0.1, -0.05) is 18.2 Å². The van der Waals surface area contributed by atoms with E-state index in [-0.39, 0.29) is 11.1 Å². The maximum atomic E-state index is 12.9. The summed E-state index contributed by atoms with van der Waals surface area (Å²) in [7, 11) is 0. The average molecular weight is 316 g/mol. The number of carbonyl (C=O) groups is 1. The highest BCUT2D eigenvalue weighted by Gasteiger charge is 2.30. The average Bonchev–Trinajstić information content (AvgIpc) is 2.54. The zero-order valence-electron chi connectivity index (χ0n) is 11.8. The molecule has 3 aromatic rings. The number of hydrogen-bond acceptors (Lipinski definition) is 2. The highest BCUT2D eigenvalue weighted by molar-refractivity contribution is 6.08. The van der Waals surface area contributed by atoms with Gasteiger partial charge in [0.2, 0.25) is 0 Å². The predicted octanol–water partition coefficient (Wildman–Crippen LogP) is 4.51. The number of amides is 1. The van der Waals surface area contributed by atoms with Gasteiger partial charge in [0.05, 0.1) is 16.8 Å². The molecule has 0 bridgehead atoms. The van der Waals surface area contributed by atoms with Crippen molar-refractivity contribution in [3.63, 3.8) is 0 Å². The Labute approximate surface area is 129 Å². The number of benzene rings is 2. The Kier molecular flexibility index (Phi) is 3.73. The fraction of sp³-hybridized carbons (Fsp3) is 0.0588. The number of fused-ring (bicyclic) bond motifs is 1. The number of anilines is 1. The third-order valence-electron chi connectivity index (χ3n) is 3.35. The normalized spacial score (nSPS) is 11.4. The highest BCUT2D eigenvalue weighted by atomic mass is 19.4. The van der Waals surface area contributed by atoms with Gasteiger partial charge in [-0.15, -0.1) is 0 Å². The molecule has 3 rings (SSSR count). The lowest BCUT2D eigenvalue weighted by Gasteiger charge is -2.11. The van der Waals surface area contributed by atoms with Crippen molar-refractivity contribution in [3.05, 3.63) is 71.9 Å². The summed E-state index contributed by atoms with van der Waals surface area (Å²) in [6, 6.07) is 13.2. The first kappa shape index (κ1) is 15.0. The van der Waals surface area contributed by atoms with E-state index in [1.54, 1.807) is 30.3 Å². The van der Waals surface area contributed by atoms with Crippen LogP contribution in [0.4, 0.5) is 18.9 Å². The van der Waals surface area contributed by atoms with E-state index in [4.69, 9.17) is 0 Å². The van der Waals surface area contributed by atoms with Gasteiger partial charge in [-0.2, -0.15) is 13.2 Å². The van der Waals surface area contributed by atoms with Gasteiger partial charge in [-0.05, 0) is 36.4 Å². The number of alkyl halides is 3. The van der Waals surface area contributed by atoms with Crippen LogP contribution in [-0.4, -0.2) is 10.9 Å². The van der Waals surface area contributed by atoms with E-state index in [9.17, 15) is 18.0 Å². The number of halogens is 3. The molecular weight excluding hydrogens is 305 g/mol. The first-order valence-corrected chi connectivity index (χ1v) is 6.77. The van der Waals surface area contributed by atoms with Crippen LogP contribution in [0.1, 0.15) is 15.9 Å². The van der Waals surface area contributed by atoms with Gasteiger partial charge in [0.1, 0.15) is 0 Å². The van der Waals surface area contributed by atoms with Crippen LogP contribution in [0.2, 0.25) is 0 Å². The number of rotatable bonds is 2. The number of hydrogen-bond donors (Lipinski definition) is 1. The molecule has 23 heavy (non-hydrogen) atoms. The summed E-state index contributed by atoms with van der Waals surface area (Å²) >= 11 is 0. The van der Waals surface area contributed by atoms with Crippen LogP contribution in [0, 0.1) is 0 Å². The standard InChI is InChI=1S/C17H11F3N2O/c18-17(19,20)12-6-7-14-13(10-12)15(8-9-21-14)22-16(23)11-4-2-1-3-5-11/h1-10H,(H,21,22,23). The van der Waals surface area contributed by atoms with E-state index in [1.165, 1.54) is 18.3 Å². The Morgan fingerprint density at radius 3 is 2.43 bits per heavy atom. The Morgan fingerprint density at radius 2 is 1.74 bits per heavy atom. The minimum absolute atomic E-state index is 0.242. The maximum Gasteiger partial charge on any atom is 0.416 e. The van der Waals surface area contributed by atoms with Gasteiger partial charge in [0, 0.05) is 17.1 Å². The Hall–Kier alpha value is -2.89. The highest BCUT2D eigenvalue weighted by Crippen LogP contribution is 2.33. The minimum Gasteiger partial charge on any atom is -0.321 e. The first-order chi connectivity index (χ1) is 10.9. The van der Waals surface area contributed by atoms with Crippen molar-refractivity contribution in [2.24, 2.45) is 0 Å². The Morgan fingerprint density at radius 1 is 1.00 bits per heavy atom. The topological polar surface area (TPSA) is 42.0 Å². The number of carbonyl (C=O) groups excluding carboxylic acids is 1. The molecule has 1 aromatic heterocycles. The van der Waals surface area contributed by atoms with Crippen LogP contribution >= 0.6 is 0 Å². The number of aromatic nitrogens is 1. The SMILES string of the molecule is O=C(Nc1ccnc2ccc(C(F)(F)F)cc12)c1ccccc1. The molecule has 0 atom stereocenters. The van der Waals surface area contributed by atoms with Gasteiger partial charge in [0.25, 0.3) is 5.91 Å². The first-order valence-electron chi connectivity index (χ1n) is 6.77. The van der Waals surface area contributed by atoms with Crippen molar-refractivity contribution in [1.29, 1.82) is 0 Å². The van der Waals surface area contributed by atoms with Crippen molar-refractivity contribution in [1.82, 2.24) is 4.98 Å². The van der Waals surface area contributed by atoms with Crippen LogP contribution in [0.3, 0.4) is 0 Å². The molecule has 1 heterocycles. The summed E-state index contributed by atoms with van der Waals surface area (Å²) in [5, 5.41) is 2.88. The molecule has 6 heteroatoms. The van der Waals surface area contributed by atoms with Crippen molar-refractivity contribution in [3.8, 4) is 0 Å². The van der Waals surface area contributed by atoms with E-state index in [0.717, 1.165) is 12.1 Å². The molecule has 2 aromatic carbocycles. The lowest BCUT2D eigenvalue weighted by atomic mass is 10.1. The quantitative estimate of drug-likeness (QED) is 0.756. The monoisotopic (exact) mass is 316 g/mol. The second-order valence-corrected chi connectivity index (χ2v) is 4.91.